The Morgan fingerprint density at radius 2 is 1.93 bits per heavy atom. The molecule has 0 aromatic heterocycles. The van der Waals surface area contributed by atoms with Crippen molar-refractivity contribution in [3.05, 3.63) is 11.6 Å². The van der Waals surface area contributed by atoms with Crippen molar-refractivity contribution in [2.75, 3.05) is 13.1 Å². The molecule has 1 aliphatic rings. The molecule has 0 bridgehead atoms. The average molecular weight is 207 g/mol. The smallest absolute Gasteiger partial charge is 0.317 e. The van der Waals surface area contributed by atoms with Gasteiger partial charge in [-0.15, -0.1) is 0 Å². The van der Waals surface area contributed by atoms with Crippen molar-refractivity contribution in [3.63, 3.8) is 0 Å². The van der Waals surface area contributed by atoms with E-state index in [-0.39, 0.29) is 0 Å². The fourth-order valence-electron chi connectivity index (χ4n) is 1.72. The van der Waals surface area contributed by atoms with Gasteiger partial charge in [-0.05, 0) is 38.8 Å². The first-order valence-corrected chi connectivity index (χ1v) is 4.93. The molecular formula is C10H16F3N. The van der Waals surface area contributed by atoms with Crippen LogP contribution in [0.1, 0.15) is 26.2 Å². The summed E-state index contributed by atoms with van der Waals surface area (Å²) in [5.41, 5.74) is 0.892. The Labute approximate surface area is 82.4 Å². The van der Waals surface area contributed by atoms with Gasteiger partial charge in [0.05, 0.1) is 6.42 Å². The lowest BCUT2D eigenvalue weighted by molar-refractivity contribution is -0.125. The predicted molar refractivity (Wildman–Crippen MR) is 50.0 cm³/mol. The van der Waals surface area contributed by atoms with Crippen LogP contribution in [0.5, 0.6) is 0 Å². The summed E-state index contributed by atoms with van der Waals surface area (Å²) in [4.78, 5) is 0. The number of hydrogen-bond donors (Lipinski definition) is 1. The fourth-order valence-corrected chi connectivity index (χ4v) is 1.72. The van der Waals surface area contributed by atoms with Crippen LogP contribution >= 0.6 is 0 Å². The van der Waals surface area contributed by atoms with E-state index < -0.39 is 12.6 Å². The first-order chi connectivity index (χ1) is 6.49. The molecule has 0 aromatic rings. The standard InChI is InChI=1S/C10H16F3N/c1-8(2-5-10(11,12)13)9-3-6-14-7-4-9/h2,9,14H,3-7H2,1H3/b8-2+. The van der Waals surface area contributed by atoms with Crippen LogP contribution in [0.2, 0.25) is 0 Å². The Morgan fingerprint density at radius 3 is 2.43 bits per heavy atom. The molecule has 4 heteroatoms. The second-order valence-electron chi connectivity index (χ2n) is 3.79. The zero-order chi connectivity index (χ0) is 10.6. The van der Waals surface area contributed by atoms with Crippen molar-refractivity contribution < 1.29 is 13.2 Å². The largest absolute Gasteiger partial charge is 0.392 e. The average Bonchev–Trinajstić information content (AvgIpc) is 2.14. The van der Waals surface area contributed by atoms with E-state index in [1.54, 1.807) is 0 Å². The zero-order valence-electron chi connectivity index (χ0n) is 8.32. The van der Waals surface area contributed by atoms with Crippen molar-refractivity contribution in [1.29, 1.82) is 0 Å². The monoisotopic (exact) mass is 207 g/mol. The molecule has 0 unspecified atom stereocenters. The molecular weight excluding hydrogens is 191 g/mol. The number of halogens is 3. The molecule has 1 rings (SSSR count). The Balaban J connectivity index is 2.42. The van der Waals surface area contributed by atoms with Crippen LogP contribution in [-0.2, 0) is 0 Å². The highest BCUT2D eigenvalue weighted by atomic mass is 19.4. The van der Waals surface area contributed by atoms with Crippen LogP contribution in [0.4, 0.5) is 13.2 Å². The molecule has 0 spiro atoms. The van der Waals surface area contributed by atoms with E-state index in [1.807, 2.05) is 6.92 Å². The molecule has 0 aliphatic carbocycles. The maximum Gasteiger partial charge on any atom is 0.392 e. The molecule has 14 heavy (non-hydrogen) atoms. The summed E-state index contributed by atoms with van der Waals surface area (Å²) in [5.74, 6) is 0.346. The molecule has 1 aliphatic heterocycles. The normalized spacial score (nSPS) is 21.3. The van der Waals surface area contributed by atoms with Crippen molar-refractivity contribution in [1.82, 2.24) is 5.32 Å². The van der Waals surface area contributed by atoms with E-state index in [4.69, 9.17) is 0 Å². The van der Waals surface area contributed by atoms with Gasteiger partial charge >= 0.3 is 6.18 Å². The summed E-state index contributed by atoms with van der Waals surface area (Å²) in [7, 11) is 0. The lowest BCUT2D eigenvalue weighted by Crippen LogP contribution is -2.28. The van der Waals surface area contributed by atoms with Gasteiger partial charge in [0, 0.05) is 0 Å². The summed E-state index contributed by atoms with van der Waals surface area (Å²) in [6.45, 7) is 3.64. The van der Waals surface area contributed by atoms with Crippen LogP contribution in [0.15, 0.2) is 11.6 Å². The van der Waals surface area contributed by atoms with Crippen LogP contribution in [0.25, 0.3) is 0 Å². The maximum atomic E-state index is 11.9. The van der Waals surface area contributed by atoms with Crippen molar-refractivity contribution in [2.45, 2.75) is 32.4 Å². The number of rotatable bonds is 2. The number of nitrogens with one attached hydrogen (secondary N) is 1. The van der Waals surface area contributed by atoms with Gasteiger partial charge in [-0.25, -0.2) is 0 Å². The van der Waals surface area contributed by atoms with Crippen molar-refractivity contribution >= 4 is 0 Å². The minimum atomic E-state index is -4.06. The minimum absolute atomic E-state index is 0.346. The quantitative estimate of drug-likeness (QED) is 0.686. The molecule has 82 valence electrons. The SMILES string of the molecule is C/C(=C\CC(F)(F)F)C1CCNCC1. The summed E-state index contributed by atoms with van der Waals surface area (Å²) >= 11 is 0. The molecule has 0 saturated carbocycles. The number of piperidine rings is 1. The van der Waals surface area contributed by atoms with Crippen LogP contribution in [-0.4, -0.2) is 19.3 Å². The lowest BCUT2D eigenvalue weighted by atomic mass is 9.90. The first kappa shape index (κ1) is 11.6. The van der Waals surface area contributed by atoms with Gasteiger partial charge in [-0.2, -0.15) is 13.2 Å². The molecule has 0 radical (unpaired) electrons. The molecule has 1 nitrogen and oxygen atoms in total. The summed E-state index contributed by atoms with van der Waals surface area (Å²) < 4.78 is 35.8. The van der Waals surface area contributed by atoms with E-state index in [1.165, 1.54) is 6.08 Å². The fraction of sp³-hybridized carbons (Fsp3) is 0.800. The van der Waals surface area contributed by atoms with Gasteiger partial charge in [0.25, 0.3) is 0 Å². The molecule has 0 atom stereocenters. The molecule has 1 saturated heterocycles. The molecule has 1 N–H and O–H groups in total. The van der Waals surface area contributed by atoms with E-state index in [0.29, 0.717) is 5.92 Å². The maximum absolute atomic E-state index is 11.9. The van der Waals surface area contributed by atoms with Gasteiger partial charge < -0.3 is 5.32 Å². The third kappa shape index (κ3) is 4.13. The topological polar surface area (TPSA) is 12.0 Å². The van der Waals surface area contributed by atoms with Crippen molar-refractivity contribution in [2.24, 2.45) is 5.92 Å². The summed E-state index contributed by atoms with van der Waals surface area (Å²) in [6, 6.07) is 0. The lowest BCUT2D eigenvalue weighted by Gasteiger charge is -2.23. The van der Waals surface area contributed by atoms with Gasteiger partial charge in [0.15, 0.2) is 0 Å². The summed E-state index contributed by atoms with van der Waals surface area (Å²) in [5, 5.41) is 3.19. The first-order valence-electron chi connectivity index (χ1n) is 4.93. The second-order valence-corrected chi connectivity index (χ2v) is 3.79. The Morgan fingerprint density at radius 1 is 1.36 bits per heavy atom. The predicted octanol–water partition coefficient (Wildman–Crippen LogP) is 2.88. The molecule has 1 heterocycles. The van der Waals surface area contributed by atoms with Crippen molar-refractivity contribution in [3.8, 4) is 0 Å². The van der Waals surface area contributed by atoms with Crippen LogP contribution in [0.3, 0.4) is 0 Å². The van der Waals surface area contributed by atoms with Gasteiger partial charge in [-0.1, -0.05) is 11.6 Å². The highest BCUT2D eigenvalue weighted by Crippen LogP contribution is 2.25. The Hall–Kier alpha value is -0.510. The molecule has 0 aromatic carbocycles. The third-order valence-corrected chi connectivity index (χ3v) is 2.64. The number of hydrogen-bond acceptors (Lipinski definition) is 1. The molecule has 0 amide bonds. The second kappa shape index (κ2) is 4.82. The van der Waals surface area contributed by atoms with Gasteiger partial charge in [-0.3, -0.25) is 0 Å². The van der Waals surface area contributed by atoms with E-state index in [9.17, 15) is 13.2 Å². The van der Waals surface area contributed by atoms with E-state index in [0.717, 1.165) is 31.5 Å². The number of alkyl halides is 3. The Kier molecular flexibility index (Phi) is 3.98. The summed E-state index contributed by atoms with van der Waals surface area (Å²) in [6.07, 6.45) is -1.60. The van der Waals surface area contributed by atoms with E-state index in [2.05, 4.69) is 5.32 Å². The zero-order valence-corrected chi connectivity index (χ0v) is 8.32. The van der Waals surface area contributed by atoms with Crippen LogP contribution < -0.4 is 5.32 Å². The van der Waals surface area contributed by atoms with E-state index >= 15 is 0 Å². The van der Waals surface area contributed by atoms with Gasteiger partial charge in [0.1, 0.15) is 0 Å². The highest BCUT2D eigenvalue weighted by Gasteiger charge is 2.25. The number of allylic oxidation sites excluding steroid dienone is 2. The third-order valence-electron chi connectivity index (χ3n) is 2.64. The van der Waals surface area contributed by atoms with Crippen LogP contribution in [0, 0.1) is 5.92 Å². The Bertz CT molecular complexity index is 202. The molecule has 1 fully saturated rings. The highest BCUT2D eigenvalue weighted by molar-refractivity contribution is 5.05. The minimum Gasteiger partial charge on any atom is -0.317 e. The van der Waals surface area contributed by atoms with Gasteiger partial charge in [0.2, 0.25) is 0 Å².